The van der Waals surface area contributed by atoms with Gasteiger partial charge < -0.3 is 20.1 Å². The molecule has 0 radical (unpaired) electrons. The van der Waals surface area contributed by atoms with Gasteiger partial charge in [0.15, 0.2) is 6.79 Å². The summed E-state index contributed by atoms with van der Waals surface area (Å²) in [6, 6.07) is 2.86. The number of ether oxygens (including phenoxy) is 2. The molecule has 1 saturated heterocycles. The minimum atomic E-state index is -0.330. The number of hydrogen-bond acceptors (Lipinski definition) is 4. The van der Waals surface area contributed by atoms with Crippen LogP contribution in [0, 0.1) is 17.2 Å². The number of rotatable bonds is 3. The average Bonchev–Trinajstić information content (AvgIpc) is 3.04. The highest BCUT2D eigenvalue weighted by molar-refractivity contribution is 5.84. The predicted molar refractivity (Wildman–Crippen MR) is 85.8 cm³/mol. The van der Waals surface area contributed by atoms with Crippen molar-refractivity contribution in [3.8, 4) is 5.75 Å². The van der Waals surface area contributed by atoms with Crippen molar-refractivity contribution in [2.24, 2.45) is 11.3 Å². The number of benzene rings is 1. The summed E-state index contributed by atoms with van der Waals surface area (Å²) in [5.41, 5.74) is 1.08. The Morgan fingerprint density at radius 3 is 3.25 bits per heavy atom. The van der Waals surface area contributed by atoms with E-state index in [9.17, 15) is 9.18 Å². The van der Waals surface area contributed by atoms with Crippen molar-refractivity contribution in [2.45, 2.75) is 38.8 Å². The SMILES string of the molecule is O=C(NCc1cc(F)cc2c1OCOC2)[C@@]12CCCC[C@H]1CNC2. The molecule has 6 heteroatoms. The highest BCUT2D eigenvalue weighted by atomic mass is 19.1. The number of fused-ring (bicyclic) bond motifs is 2. The van der Waals surface area contributed by atoms with E-state index in [0.29, 0.717) is 29.4 Å². The molecule has 4 rings (SSSR count). The maximum atomic E-state index is 13.8. The molecule has 5 nitrogen and oxygen atoms in total. The zero-order valence-electron chi connectivity index (χ0n) is 13.7. The molecule has 1 saturated carbocycles. The smallest absolute Gasteiger partial charge is 0.228 e. The van der Waals surface area contributed by atoms with Crippen LogP contribution in [0.1, 0.15) is 36.8 Å². The maximum absolute atomic E-state index is 13.8. The molecule has 1 aliphatic carbocycles. The number of nitrogens with one attached hydrogen (secondary N) is 2. The number of carbonyl (C=O) groups excluding carboxylic acids is 1. The van der Waals surface area contributed by atoms with E-state index in [-0.39, 0.29) is 30.5 Å². The van der Waals surface area contributed by atoms with Crippen molar-refractivity contribution in [1.82, 2.24) is 10.6 Å². The van der Waals surface area contributed by atoms with Gasteiger partial charge in [-0.2, -0.15) is 0 Å². The molecule has 2 fully saturated rings. The van der Waals surface area contributed by atoms with Crippen LogP contribution in [0.25, 0.3) is 0 Å². The van der Waals surface area contributed by atoms with Gasteiger partial charge in [-0.1, -0.05) is 12.8 Å². The fraction of sp³-hybridized carbons (Fsp3) is 0.611. The first-order chi connectivity index (χ1) is 11.7. The number of carbonyl (C=O) groups is 1. The van der Waals surface area contributed by atoms with Crippen LogP contribution in [0.15, 0.2) is 12.1 Å². The number of hydrogen-bond donors (Lipinski definition) is 2. The van der Waals surface area contributed by atoms with Crippen molar-refractivity contribution < 1.29 is 18.7 Å². The second-order valence-electron chi connectivity index (χ2n) is 7.08. The quantitative estimate of drug-likeness (QED) is 0.889. The second kappa shape index (κ2) is 6.33. The van der Waals surface area contributed by atoms with Gasteiger partial charge in [0.25, 0.3) is 0 Å². The van der Waals surface area contributed by atoms with Crippen LogP contribution < -0.4 is 15.4 Å². The molecule has 130 valence electrons. The minimum Gasteiger partial charge on any atom is -0.467 e. The fourth-order valence-electron chi connectivity index (χ4n) is 4.43. The number of halogens is 1. The van der Waals surface area contributed by atoms with Crippen molar-refractivity contribution in [2.75, 3.05) is 19.9 Å². The van der Waals surface area contributed by atoms with Crippen LogP contribution in [0.5, 0.6) is 5.75 Å². The van der Waals surface area contributed by atoms with Crippen LogP contribution in [-0.4, -0.2) is 25.8 Å². The van der Waals surface area contributed by atoms with E-state index in [1.54, 1.807) is 0 Å². The largest absolute Gasteiger partial charge is 0.467 e. The van der Waals surface area contributed by atoms with E-state index in [4.69, 9.17) is 9.47 Å². The Kier molecular flexibility index (Phi) is 4.18. The summed E-state index contributed by atoms with van der Waals surface area (Å²) in [5, 5.41) is 6.42. The first-order valence-electron chi connectivity index (χ1n) is 8.70. The van der Waals surface area contributed by atoms with Crippen molar-refractivity contribution in [1.29, 1.82) is 0 Å². The predicted octanol–water partition coefficient (Wildman–Crippen LogP) is 2.09. The summed E-state index contributed by atoms with van der Waals surface area (Å²) in [6.45, 7) is 2.45. The molecule has 0 spiro atoms. The maximum Gasteiger partial charge on any atom is 0.228 e. The summed E-state index contributed by atoms with van der Waals surface area (Å²) >= 11 is 0. The molecule has 2 aliphatic heterocycles. The summed E-state index contributed by atoms with van der Waals surface area (Å²) in [4.78, 5) is 12.9. The lowest BCUT2D eigenvalue weighted by atomic mass is 9.67. The van der Waals surface area contributed by atoms with Gasteiger partial charge >= 0.3 is 0 Å². The molecule has 0 aromatic heterocycles. The van der Waals surface area contributed by atoms with E-state index in [2.05, 4.69) is 10.6 Å². The molecule has 0 bridgehead atoms. The summed E-state index contributed by atoms with van der Waals surface area (Å²) in [6.07, 6.45) is 4.34. The molecule has 1 aromatic rings. The van der Waals surface area contributed by atoms with Crippen LogP contribution >= 0.6 is 0 Å². The monoisotopic (exact) mass is 334 g/mol. The lowest BCUT2D eigenvalue weighted by Crippen LogP contribution is -2.47. The van der Waals surface area contributed by atoms with Gasteiger partial charge in [0, 0.05) is 24.2 Å². The lowest BCUT2D eigenvalue weighted by Gasteiger charge is -2.37. The molecular weight excluding hydrogens is 311 g/mol. The third-order valence-corrected chi connectivity index (χ3v) is 5.68. The standard InChI is InChI=1S/C18H23FN2O3/c19-15-5-12(16-13(6-15)9-23-11-24-16)7-21-17(22)18-4-2-1-3-14(18)8-20-10-18/h5-6,14,20H,1-4,7-11H2,(H,21,22)/t14-,18+/m0/s1. The zero-order valence-corrected chi connectivity index (χ0v) is 13.7. The average molecular weight is 334 g/mol. The van der Waals surface area contributed by atoms with Crippen molar-refractivity contribution in [3.05, 3.63) is 29.1 Å². The van der Waals surface area contributed by atoms with Crippen molar-refractivity contribution >= 4 is 5.91 Å². The molecule has 3 aliphatic rings. The molecule has 1 amide bonds. The third-order valence-electron chi connectivity index (χ3n) is 5.68. The van der Waals surface area contributed by atoms with Gasteiger partial charge in [0.1, 0.15) is 11.6 Å². The Labute approximate surface area is 140 Å². The van der Waals surface area contributed by atoms with Gasteiger partial charge in [0.05, 0.1) is 12.0 Å². The highest BCUT2D eigenvalue weighted by Gasteiger charge is 2.49. The van der Waals surface area contributed by atoms with E-state index in [0.717, 1.165) is 32.4 Å². The van der Waals surface area contributed by atoms with Gasteiger partial charge in [-0.25, -0.2) is 4.39 Å². The first kappa shape index (κ1) is 15.8. The molecular formula is C18H23FN2O3. The second-order valence-corrected chi connectivity index (χ2v) is 7.08. The Morgan fingerprint density at radius 1 is 1.42 bits per heavy atom. The normalized spacial score (nSPS) is 28.6. The zero-order chi connectivity index (χ0) is 16.6. The van der Waals surface area contributed by atoms with Crippen LogP contribution in [0.4, 0.5) is 4.39 Å². The summed E-state index contributed by atoms with van der Waals surface area (Å²) in [5.74, 6) is 0.813. The lowest BCUT2D eigenvalue weighted by molar-refractivity contribution is -0.134. The van der Waals surface area contributed by atoms with Crippen molar-refractivity contribution in [3.63, 3.8) is 0 Å². The van der Waals surface area contributed by atoms with Crippen LogP contribution in [-0.2, 0) is 22.7 Å². The summed E-state index contributed by atoms with van der Waals surface area (Å²) in [7, 11) is 0. The van der Waals surface area contributed by atoms with Crippen LogP contribution in [0.3, 0.4) is 0 Å². The molecule has 1 aromatic carbocycles. The van der Waals surface area contributed by atoms with E-state index in [1.807, 2.05) is 0 Å². The highest BCUT2D eigenvalue weighted by Crippen LogP contribution is 2.44. The van der Waals surface area contributed by atoms with Gasteiger partial charge in [0.2, 0.25) is 5.91 Å². The fourth-order valence-corrected chi connectivity index (χ4v) is 4.43. The molecule has 0 unspecified atom stereocenters. The summed E-state index contributed by atoms with van der Waals surface area (Å²) < 4.78 is 24.5. The molecule has 2 N–H and O–H groups in total. The van der Waals surface area contributed by atoms with Gasteiger partial charge in [-0.05, 0) is 37.4 Å². The Morgan fingerprint density at radius 2 is 2.33 bits per heavy atom. The Balaban J connectivity index is 1.51. The van der Waals surface area contributed by atoms with E-state index < -0.39 is 0 Å². The van der Waals surface area contributed by atoms with Gasteiger partial charge in [-0.15, -0.1) is 0 Å². The number of amides is 1. The third kappa shape index (κ3) is 2.67. The van der Waals surface area contributed by atoms with E-state index in [1.165, 1.54) is 18.6 Å². The van der Waals surface area contributed by atoms with Crippen LogP contribution in [0.2, 0.25) is 0 Å². The first-order valence-corrected chi connectivity index (χ1v) is 8.70. The molecule has 2 atom stereocenters. The van der Waals surface area contributed by atoms with Gasteiger partial charge in [-0.3, -0.25) is 4.79 Å². The topological polar surface area (TPSA) is 59.6 Å². The Hall–Kier alpha value is -1.66. The molecule has 24 heavy (non-hydrogen) atoms. The van der Waals surface area contributed by atoms with E-state index >= 15 is 0 Å². The molecule has 2 heterocycles. The minimum absolute atomic E-state index is 0.0854. The Bertz CT molecular complexity index is 651.